The lowest BCUT2D eigenvalue weighted by molar-refractivity contribution is -0.121. The molecule has 0 atom stereocenters. The van der Waals surface area contributed by atoms with Crippen molar-refractivity contribution < 1.29 is 19.1 Å². The zero-order chi connectivity index (χ0) is 24.2. The van der Waals surface area contributed by atoms with Crippen LogP contribution in [0.1, 0.15) is 29.9 Å². The summed E-state index contributed by atoms with van der Waals surface area (Å²) in [5.41, 5.74) is 0.0542. The molecule has 9 nitrogen and oxygen atoms in total. The number of benzene rings is 1. The third kappa shape index (κ3) is 3.64. The molecule has 2 aromatic heterocycles. The van der Waals surface area contributed by atoms with E-state index in [2.05, 4.69) is 5.10 Å². The van der Waals surface area contributed by atoms with Crippen LogP contribution in [0.3, 0.4) is 0 Å². The number of halogens is 2. The van der Waals surface area contributed by atoms with Gasteiger partial charge in [0.15, 0.2) is 17.3 Å². The van der Waals surface area contributed by atoms with Crippen LogP contribution >= 0.6 is 11.6 Å². The molecule has 0 bridgehead atoms. The first kappa shape index (κ1) is 22.8. The standard InChI is InChI=1S/C22H23ClFN5O4/c1-11(2)20(31)27(4)19-16-15(18(30)17-22(33)26(3)7-8-28(16)17)21(32)29(25-19)10-12-5-6-14(24)13(23)9-12/h5-6,9,11,30H,7-8,10H2,1-4H3. The first-order chi connectivity index (χ1) is 15.5. The lowest BCUT2D eigenvalue weighted by Crippen LogP contribution is -2.38. The summed E-state index contributed by atoms with van der Waals surface area (Å²) >= 11 is 5.88. The minimum absolute atomic E-state index is 0.0214. The monoisotopic (exact) mass is 475 g/mol. The number of carbonyl (C=O) groups excluding carboxylic acids is 2. The predicted octanol–water partition coefficient (Wildman–Crippen LogP) is 2.45. The summed E-state index contributed by atoms with van der Waals surface area (Å²) in [6.07, 6.45) is 0. The molecule has 11 heteroatoms. The summed E-state index contributed by atoms with van der Waals surface area (Å²) < 4.78 is 16.2. The molecule has 0 saturated heterocycles. The van der Waals surface area contributed by atoms with Crippen LogP contribution in [0.2, 0.25) is 5.02 Å². The van der Waals surface area contributed by atoms with Gasteiger partial charge in [-0.15, -0.1) is 5.10 Å². The average Bonchev–Trinajstić information content (AvgIpc) is 3.07. The molecule has 0 spiro atoms. The van der Waals surface area contributed by atoms with Crippen molar-refractivity contribution in [3.8, 4) is 5.75 Å². The second-order valence-corrected chi connectivity index (χ2v) is 8.79. The molecule has 3 heterocycles. The van der Waals surface area contributed by atoms with Crippen LogP contribution in [-0.4, -0.2) is 56.8 Å². The van der Waals surface area contributed by atoms with Crippen molar-refractivity contribution >= 4 is 40.1 Å². The van der Waals surface area contributed by atoms with Crippen LogP contribution in [0.15, 0.2) is 23.0 Å². The maximum atomic E-state index is 13.6. The fourth-order valence-electron chi connectivity index (χ4n) is 3.98. The van der Waals surface area contributed by atoms with Gasteiger partial charge in [0.05, 0.1) is 11.6 Å². The Balaban J connectivity index is 2.01. The van der Waals surface area contributed by atoms with E-state index in [-0.39, 0.29) is 45.8 Å². The van der Waals surface area contributed by atoms with Gasteiger partial charge >= 0.3 is 0 Å². The van der Waals surface area contributed by atoms with Gasteiger partial charge < -0.3 is 14.6 Å². The van der Waals surface area contributed by atoms with E-state index < -0.39 is 23.0 Å². The summed E-state index contributed by atoms with van der Waals surface area (Å²) in [7, 11) is 3.13. The molecule has 4 rings (SSSR count). The minimum atomic E-state index is -0.644. The van der Waals surface area contributed by atoms with Crippen molar-refractivity contribution in [3.05, 3.63) is 50.7 Å². The van der Waals surface area contributed by atoms with E-state index >= 15 is 0 Å². The van der Waals surface area contributed by atoms with Gasteiger partial charge in [-0.3, -0.25) is 19.3 Å². The number of amides is 2. The number of hydrogen-bond donors (Lipinski definition) is 1. The largest absolute Gasteiger partial charge is 0.505 e. The van der Waals surface area contributed by atoms with Crippen molar-refractivity contribution in [3.63, 3.8) is 0 Å². The smallest absolute Gasteiger partial charge is 0.280 e. The van der Waals surface area contributed by atoms with E-state index in [9.17, 15) is 23.9 Å². The maximum Gasteiger partial charge on any atom is 0.280 e. The van der Waals surface area contributed by atoms with Crippen LogP contribution in [0, 0.1) is 11.7 Å². The Morgan fingerprint density at radius 1 is 1.30 bits per heavy atom. The molecule has 174 valence electrons. The number of rotatable bonds is 4. The van der Waals surface area contributed by atoms with Gasteiger partial charge in [0.2, 0.25) is 5.91 Å². The fraction of sp³-hybridized carbons (Fsp3) is 0.364. The van der Waals surface area contributed by atoms with Crippen molar-refractivity contribution in [1.82, 2.24) is 19.2 Å². The highest BCUT2D eigenvalue weighted by atomic mass is 35.5. The molecule has 1 aromatic carbocycles. The number of nitrogens with zero attached hydrogens (tertiary/aromatic N) is 5. The summed E-state index contributed by atoms with van der Waals surface area (Å²) in [6.45, 7) is 4.07. The van der Waals surface area contributed by atoms with E-state index in [1.54, 1.807) is 25.5 Å². The number of hydrogen-bond acceptors (Lipinski definition) is 5. The second-order valence-electron chi connectivity index (χ2n) is 8.39. The first-order valence-electron chi connectivity index (χ1n) is 10.4. The normalized spacial score (nSPS) is 13.7. The van der Waals surface area contributed by atoms with Crippen molar-refractivity contribution in [1.29, 1.82) is 0 Å². The van der Waals surface area contributed by atoms with Crippen molar-refractivity contribution in [2.24, 2.45) is 5.92 Å². The van der Waals surface area contributed by atoms with Gasteiger partial charge in [-0.25, -0.2) is 9.07 Å². The van der Waals surface area contributed by atoms with Gasteiger partial charge in [-0.2, -0.15) is 0 Å². The summed E-state index contributed by atoms with van der Waals surface area (Å²) in [5, 5.41) is 15.2. The van der Waals surface area contributed by atoms with E-state index in [1.165, 1.54) is 35.0 Å². The Morgan fingerprint density at radius 3 is 2.64 bits per heavy atom. The van der Waals surface area contributed by atoms with Gasteiger partial charge in [0, 0.05) is 33.1 Å². The second kappa shape index (κ2) is 8.18. The van der Waals surface area contributed by atoms with Gasteiger partial charge in [-0.05, 0) is 17.7 Å². The fourth-order valence-corrected chi connectivity index (χ4v) is 4.19. The predicted molar refractivity (Wildman–Crippen MR) is 121 cm³/mol. The number of carbonyl (C=O) groups is 2. The Kier molecular flexibility index (Phi) is 5.65. The van der Waals surface area contributed by atoms with Crippen LogP contribution < -0.4 is 10.5 Å². The Bertz CT molecular complexity index is 1360. The topological polar surface area (TPSA) is 101 Å². The number of aromatic hydroxyl groups is 1. The van der Waals surface area contributed by atoms with E-state index in [4.69, 9.17) is 11.6 Å². The van der Waals surface area contributed by atoms with E-state index in [0.717, 1.165) is 4.68 Å². The molecule has 0 unspecified atom stereocenters. The number of anilines is 1. The highest BCUT2D eigenvalue weighted by molar-refractivity contribution is 6.30. The quantitative estimate of drug-likeness (QED) is 0.624. The summed E-state index contributed by atoms with van der Waals surface area (Å²) in [5.74, 6) is -1.97. The third-order valence-electron chi connectivity index (χ3n) is 5.78. The molecule has 0 aliphatic carbocycles. The molecular weight excluding hydrogens is 453 g/mol. The molecule has 2 amide bonds. The molecule has 1 N–H and O–H groups in total. The molecule has 0 saturated carbocycles. The highest BCUT2D eigenvalue weighted by Gasteiger charge is 2.34. The Morgan fingerprint density at radius 2 is 2.00 bits per heavy atom. The molecule has 3 aromatic rings. The third-order valence-corrected chi connectivity index (χ3v) is 6.07. The summed E-state index contributed by atoms with van der Waals surface area (Å²) in [6, 6.07) is 4.02. The molecule has 1 aliphatic rings. The number of likely N-dealkylation sites (N-methyl/N-ethyl adjacent to an activating group) is 1. The molecule has 0 radical (unpaired) electrons. The van der Waals surface area contributed by atoms with Crippen molar-refractivity contribution in [2.75, 3.05) is 25.5 Å². The maximum absolute atomic E-state index is 13.6. The van der Waals surface area contributed by atoms with Crippen LogP contribution in [-0.2, 0) is 17.9 Å². The molecule has 1 aliphatic heterocycles. The zero-order valence-corrected chi connectivity index (χ0v) is 19.4. The lowest BCUT2D eigenvalue weighted by atomic mass is 10.2. The van der Waals surface area contributed by atoms with E-state index in [1.807, 2.05) is 0 Å². The Hall–Kier alpha value is -3.40. The van der Waals surface area contributed by atoms with Gasteiger partial charge in [-0.1, -0.05) is 31.5 Å². The van der Waals surface area contributed by atoms with Gasteiger partial charge in [0.1, 0.15) is 16.7 Å². The number of aromatic nitrogens is 3. The zero-order valence-electron chi connectivity index (χ0n) is 18.6. The lowest BCUT2D eigenvalue weighted by Gasteiger charge is -2.26. The van der Waals surface area contributed by atoms with E-state index in [0.29, 0.717) is 18.7 Å². The molecular formula is C22H23ClFN5O4. The molecule has 33 heavy (non-hydrogen) atoms. The first-order valence-corrected chi connectivity index (χ1v) is 10.7. The Labute approximate surface area is 193 Å². The molecule has 0 fully saturated rings. The van der Waals surface area contributed by atoms with Crippen LogP contribution in [0.5, 0.6) is 5.75 Å². The SMILES string of the molecule is CC(C)C(=O)N(C)c1nn(Cc2ccc(F)c(Cl)c2)c(=O)c2c(O)c3n(c12)CCN(C)C3=O. The summed E-state index contributed by atoms with van der Waals surface area (Å²) in [4.78, 5) is 41.7. The van der Waals surface area contributed by atoms with Crippen molar-refractivity contribution in [2.45, 2.75) is 26.9 Å². The van der Waals surface area contributed by atoms with Crippen LogP contribution in [0.25, 0.3) is 10.9 Å². The number of fused-ring (bicyclic) bond motifs is 3. The highest BCUT2D eigenvalue weighted by Crippen LogP contribution is 2.36. The van der Waals surface area contributed by atoms with Gasteiger partial charge in [0.25, 0.3) is 11.5 Å². The average molecular weight is 476 g/mol. The van der Waals surface area contributed by atoms with Crippen LogP contribution in [0.4, 0.5) is 10.2 Å². The minimum Gasteiger partial charge on any atom is -0.505 e.